The Morgan fingerprint density at radius 1 is 1.17 bits per heavy atom. The molecule has 0 aromatic rings. The van der Waals surface area contributed by atoms with Crippen LogP contribution in [0, 0.1) is 11.3 Å². The molecule has 0 saturated heterocycles. The number of hydrogen-bond donors (Lipinski definition) is 2. The summed E-state index contributed by atoms with van der Waals surface area (Å²) in [5, 5.41) is 6.23. The lowest BCUT2D eigenvalue weighted by Crippen LogP contribution is -2.39. The van der Waals surface area contributed by atoms with E-state index in [2.05, 4.69) is 24.5 Å². The van der Waals surface area contributed by atoms with Crippen LogP contribution in [0.4, 0.5) is 0 Å². The van der Waals surface area contributed by atoms with E-state index in [0.29, 0.717) is 6.42 Å². The quantitative estimate of drug-likeness (QED) is 0.733. The first kappa shape index (κ1) is 15.5. The monoisotopic (exact) mass is 254 g/mol. The van der Waals surface area contributed by atoms with Crippen LogP contribution in [0.25, 0.3) is 0 Å². The zero-order valence-electron chi connectivity index (χ0n) is 12.3. The van der Waals surface area contributed by atoms with Gasteiger partial charge in [0.25, 0.3) is 0 Å². The Morgan fingerprint density at radius 2 is 1.83 bits per heavy atom. The predicted octanol–water partition coefficient (Wildman–Crippen LogP) is 2.71. The van der Waals surface area contributed by atoms with Gasteiger partial charge >= 0.3 is 0 Å². The van der Waals surface area contributed by atoms with Gasteiger partial charge in [0.2, 0.25) is 5.91 Å². The smallest absolute Gasteiger partial charge is 0.220 e. The summed E-state index contributed by atoms with van der Waals surface area (Å²) in [6, 6.07) is 0. The van der Waals surface area contributed by atoms with Crippen molar-refractivity contribution in [2.45, 2.75) is 58.8 Å². The highest BCUT2D eigenvalue weighted by molar-refractivity contribution is 5.75. The molecule has 3 heteroatoms. The SMILES string of the molecule is CNCC(C)(C)CNC(=O)CCC1CCCCC1. The van der Waals surface area contributed by atoms with Crippen molar-refractivity contribution in [1.29, 1.82) is 0 Å². The lowest BCUT2D eigenvalue weighted by atomic mass is 9.86. The molecule has 1 amide bonds. The second-order valence-corrected chi connectivity index (χ2v) is 6.51. The van der Waals surface area contributed by atoms with E-state index >= 15 is 0 Å². The predicted molar refractivity (Wildman–Crippen MR) is 76.5 cm³/mol. The van der Waals surface area contributed by atoms with E-state index in [0.717, 1.165) is 25.4 Å². The molecule has 18 heavy (non-hydrogen) atoms. The van der Waals surface area contributed by atoms with E-state index in [1.54, 1.807) is 0 Å². The maximum Gasteiger partial charge on any atom is 0.220 e. The number of rotatable bonds is 7. The Kier molecular flexibility index (Phi) is 6.69. The molecule has 1 aliphatic rings. The van der Waals surface area contributed by atoms with Crippen LogP contribution in [0.15, 0.2) is 0 Å². The van der Waals surface area contributed by atoms with E-state index in [9.17, 15) is 4.79 Å². The van der Waals surface area contributed by atoms with E-state index < -0.39 is 0 Å². The Morgan fingerprint density at radius 3 is 2.44 bits per heavy atom. The van der Waals surface area contributed by atoms with Gasteiger partial charge in [-0.05, 0) is 24.8 Å². The Labute approximate surface area is 112 Å². The van der Waals surface area contributed by atoms with Gasteiger partial charge in [-0.2, -0.15) is 0 Å². The maximum atomic E-state index is 11.8. The first-order valence-corrected chi connectivity index (χ1v) is 7.45. The van der Waals surface area contributed by atoms with Crippen LogP contribution >= 0.6 is 0 Å². The molecule has 1 aliphatic carbocycles. The summed E-state index contributed by atoms with van der Waals surface area (Å²) in [4.78, 5) is 11.8. The van der Waals surface area contributed by atoms with Gasteiger partial charge in [-0.15, -0.1) is 0 Å². The fourth-order valence-corrected chi connectivity index (χ4v) is 2.78. The van der Waals surface area contributed by atoms with Crippen molar-refractivity contribution in [3.8, 4) is 0 Å². The van der Waals surface area contributed by atoms with Crippen molar-refractivity contribution in [3.63, 3.8) is 0 Å². The Hall–Kier alpha value is -0.570. The van der Waals surface area contributed by atoms with Crippen LogP contribution in [-0.2, 0) is 4.79 Å². The molecule has 106 valence electrons. The summed E-state index contributed by atoms with van der Waals surface area (Å²) in [7, 11) is 1.95. The van der Waals surface area contributed by atoms with Crippen LogP contribution in [0.1, 0.15) is 58.8 Å². The van der Waals surface area contributed by atoms with Gasteiger partial charge in [-0.1, -0.05) is 46.0 Å². The summed E-state index contributed by atoms with van der Waals surface area (Å²) in [5.41, 5.74) is 0.134. The molecule has 0 bridgehead atoms. The van der Waals surface area contributed by atoms with Gasteiger partial charge in [0.15, 0.2) is 0 Å². The van der Waals surface area contributed by atoms with E-state index in [1.807, 2.05) is 7.05 Å². The standard InChI is InChI=1S/C15H30N2O/c1-15(2,11-16-3)12-17-14(18)10-9-13-7-5-4-6-8-13/h13,16H,4-12H2,1-3H3,(H,17,18). The second-order valence-electron chi connectivity index (χ2n) is 6.51. The average Bonchev–Trinajstić information content (AvgIpc) is 2.35. The van der Waals surface area contributed by atoms with E-state index in [1.165, 1.54) is 32.1 Å². The summed E-state index contributed by atoms with van der Waals surface area (Å²) in [5.74, 6) is 1.03. The molecule has 2 N–H and O–H groups in total. The largest absolute Gasteiger partial charge is 0.356 e. The molecule has 1 fully saturated rings. The molecule has 0 aromatic heterocycles. The zero-order chi connectivity index (χ0) is 13.4. The minimum atomic E-state index is 0.134. The van der Waals surface area contributed by atoms with Gasteiger partial charge in [0, 0.05) is 19.5 Å². The fourth-order valence-electron chi connectivity index (χ4n) is 2.78. The number of amides is 1. The van der Waals surface area contributed by atoms with Gasteiger partial charge in [0.05, 0.1) is 0 Å². The number of hydrogen-bond acceptors (Lipinski definition) is 2. The summed E-state index contributed by atoms with van der Waals surface area (Å²) in [6.45, 7) is 6.03. The minimum absolute atomic E-state index is 0.134. The van der Waals surface area contributed by atoms with Crippen LogP contribution < -0.4 is 10.6 Å². The molecule has 0 radical (unpaired) electrons. The highest BCUT2D eigenvalue weighted by Crippen LogP contribution is 2.27. The molecule has 0 atom stereocenters. The summed E-state index contributed by atoms with van der Waals surface area (Å²) < 4.78 is 0. The zero-order valence-corrected chi connectivity index (χ0v) is 12.3. The van der Waals surface area contributed by atoms with Gasteiger partial charge in [-0.25, -0.2) is 0 Å². The van der Waals surface area contributed by atoms with Gasteiger partial charge in [-0.3, -0.25) is 4.79 Å². The molecule has 1 rings (SSSR count). The molecule has 0 aromatic carbocycles. The Balaban J connectivity index is 2.13. The fraction of sp³-hybridized carbons (Fsp3) is 0.933. The number of nitrogens with one attached hydrogen (secondary N) is 2. The highest BCUT2D eigenvalue weighted by atomic mass is 16.1. The van der Waals surface area contributed by atoms with Crippen LogP contribution in [-0.4, -0.2) is 26.0 Å². The van der Waals surface area contributed by atoms with Crippen LogP contribution in [0.5, 0.6) is 0 Å². The van der Waals surface area contributed by atoms with Crippen molar-refractivity contribution in [3.05, 3.63) is 0 Å². The average molecular weight is 254 g/mol. The Bertz CT molecular complexity index is 245. The second kappa shape index (κ2) is 7.78. The molecule has 0 spiro atoms. The molecule has 1 saturated carbocycles. The van der Waals surface area contributed by atoms with Crippen LogP contribution in [0.2, 0.25) is 0 Å². The van der Waals surface area contributed by atoms with Crippen molar-refractivity contribution in [2.75, 3.05) is 20.1 Å². The lowest BCUT2D eigenvalue weighted by Gasteiger charge is -2.25. The van der Waals surface area contributed by atoms with Gasteiger partial charge < -0.3 is 10.6 Å². The third kappa shape index (κ3) is 6.39. The first-order valence-electron chi connectivity index (χ1n) is 7.45. The first-order chi connectivity index (χ1) is 8.53. The van der Waals surface area contributed by atoms with Crippen molar-refractivity contribution >= 4 is 5.91 Å². The third-order valence-corrected chi connectivity index (χ3v) is 3.92. The minimum Gasteiger partial charge on any atom is -0.356 e. The molecule has 0 aliphatic heterocycles. The topological polar surface area (TPSA) is 41.1 Å². The normalized spacial score (nSPS) is 17.7. The van der Waals surface area contributed by atoms with Crippen molar-refractivity contribution < 1.29 is 4.79 Å². The van der Waals surface area contributed by atoms with Crippen molar-refractivity contribution in [2.24, 2.45) is 11.3 Å². The maximum absolute atomic E-state index is 11.8. The molecular weight excluding hydrogens is 224 g/mol. The molecule has 0 heterocycles. The summed E-state index contributed by atoms with van der Waals surface area (Å²) in [6.07, 6.45) is 8.57. The van der Waals surface area contributed by atoms with Crippen LogP contribution in [0.3, 0.4) is 0 Å². The molecule has 0 unspecified atom stereocenters. The lowest BCUT2D eigenvalue weighted by molar-refractivity contribution is -0.121. The number of carbonyl (C=O) groups is 1. The van der Waals surface area contributed by atoms with E-state index in [4.69, 9.17) is 0 Å². The molecule has 3 nitrogen and oxygen atoms in total. The summed E-state index contributed by atoms with van der Waals surface area (Å²) >= 11 is 0. The van der Waals surface area contributed by atoms with E-state index in [-0.39, 0.29) is 11.3 Å². The third-order valence-electron chi connectivity index (χ3n) is 3.92. The highest BCUT2D eigenvalue weighted by Gasteiger charge is 2.19. The number of carbonyl (C=O) groups excluding carboxylic acids is 1. The van der Waals surface area contributed by atoms with Gasteiger partial charge in [0.1, 0.15) is 0 Å². The van der Waals surface area contributed by atoms with Crippen molar-refractivity contribution in [1.82, 2.24) is 10.6 Å². The molecular formula is C15H30N2O.